The molecule has 1 saturated carbocycles. The third-order valence-corrected chi connectivity index (χ3v) is 9.17. The van der Waals surface area contributed by atoms with Gasteiger partial charge in [0.1, 0.15) is 0 Å². The van der Waals surface area contributed by atoms with Crippen molar-refractivity contribution >= 4 is 11.6 Å². The monoisotopic (exact) mass is 984 g/mol. The van der Waals surface area contributed by atoms with Gasteiger partial charge in [-0.05, 0) is 76.7 Å². The fourth-order valence-electron chi connectivity index (χ4n) is 6.15. The molecule has 2 aromatic rings. The average molecular weight is 985 g/mol. The van der Waals surface area contributed by atoms with E-state index < -0.39 is 39.2 Å². The van der Waals surface area contributed by atoms with Crippen molar-refractivity contribution in [1.29, 1.82) is 0 Å². The third kappa shape index (κ3) is 12.8. The molecule has 3 aliphatic carbocycles. The zero-order chi connectivity index (χ0) is 39.7. The van der Waals surface area contributed by atoms with Crippen molar-refractivity contribution in [3.05, 3.63) is 137 Å². The number of Topliss-reactive ketones (excluding diaryl/α,β-unsaturated/α-hetero) is 2. The van der Waals surface area contributed by atoms with E-state index in [1.54, 1.807) is 75.1 Å². The normalized spacial score (nSPS) is 19.2. The summed E-state index contributed by atoms with van der Waals surface area (Å²) in [7, 11) is 0. The van der Waals surface area contributed by atoms with E-state index >= 15 is 0 Å². The van der Waals surface area contributed by atoms with Crippen LogP contribution in [-0.2, 0) is 36.6 Å². The second-order valence-corrected chi connectivity index (χ2v) is 13.9. The predicted molar refractivity (Wildman–Crippen MR) is 197 cm³/mol. The number of aryl methyl sites for hydroxylation is 4. The summed E-state index contributed by atoms with van der Waals surface area (Å²) in [5.74, 6) is 0.0671. The van der Waals surface area contributed by atoms with Crippen LogP contribution in [0.15, 0.2) is 103 Å². The number of H-pyrrole nitrogens is 2. The summed E-state index contributed by atoms with van der Waals surface area (Å²) >= 11 is -2.51. The van der Waals surface area contributed by atoms with E-state index in [-0.39, 0.29) is 46.3 Å². The average Bonchev–Trinajstić information content (AvgIpc) is 3.16. The van der Waals surface area contributed by atoms with Crippen LogP contribution in [-0.4, -0.2) is 56.0 Å². The van der Waals surface area contributed by atoms with Gasteiger partial charge in [-0.1, -0.05) is 25.0 Å². The molecule has 55 heavy (non-hydrogen) atoms. The molecule has 2 atom stereocenters. The molecule has 16 nitrogen and oxygen atoms in total. The van der Waals surface area contributed by atoms with Crippen LogP contribution < -0.4 is 33.1 Å². The molecule has 1 fully saturated rings. The van der Waals surface area contributed by atoms with Gasteiger partial charge in [0.25, 0.3) is 11.1 Å². The number of hydrogen-bond acceptors (Lipinski definition) is 12. The molecule has 0 bridgehead atoms. The number of rotatable bonds is 16. The van der Waals surface area contributed by atoms with Crippen molar-refractivity contribution < 1.29 is 51.4 Å². The van der Waals surface area contributed by atoms with E-state index in [4.69, 9.17) is 13.9 Å². The maximum absolute atomic E-state index is 13.1. The van der Waals surface area contributed by atoms with Crippen molar-refractivity contribution in [2.45, 2.75) is 90.4 Å². The van der Waals surface area contributed by atoms with Gasteiger partial charge in [0.2, 0.25) is 11.6 Å². The molecule has 17 heteroatoms. The first-order valence-corrected chi connectivity index (χ1v) is 21.6. The molecule has 0 spiro atoms. The summed E-state index contributed by atoms with van der Waals surface area (Å²) in [6.45, 7) is 4.77. The molecular formula is C38H46N6O10U. The van der Waals surface area contributed by atoms with Crippen LogP contribution in [0.5, 0.6) is 0 Å². The van der Waals surface area contributed by atoms with E-state index in [0.29, 0.717) is 74.3 Å². The van der Waals surface area contributed by atoms with E-state index in [1.165, 1.54) is 9.13 Å². The van der Waals surface area contributed by atoms with Gasteiger partial charge in [0, 0.05) is 72.2 Å². The predicted octanol–water partition coefficient (Wildman–Crippen LogP) is 2.36. The van der Waals surface area contributed by atoms with E-state index in [1.807, 2.05) is 0 Å². The summed E-state index contributed by atoms with van der Waals surface area (Å²) in [4.78, 5) is 78.0. The molecule has 2 heterocycles. The first-order chi connectivity index (χ1) is 26.5. The summed E-state index contributed by atoms with van der Waals surface area (Å²) in [6.07, 6.45) is 23.2. The molecule has 0 amide bonds. The van der Waals surface area contributed by atoms with Crippen LogP contribution in [0.4, 0.5) is 0 Å². The van der Waals surface area contributed by atoms with Gasteiger partial charge in [-0.25, -0.2) is 9.59 Å². The van der Waals surface area contributed by atoms with Gasteiger partial charge in [-0.15, -0.1) is 0 Å². The van der Waals surface area contributed by atoms with Crippen LogP contribution >= 0.6 is 0 Å². The van der Waals surface area contributed by atoms with E-state index in [2.05, 4.69) is 20.6 Å². The SMILES string of the molecule is Cc1cn(CCCCOC2=CC=C/C(=C/N[C@H]3CCCC[C@H]3N/C=C3/C=CC=C(OCCCCn4cc(C)c(=O)[nH]c4=O)C3=O)C2=O)c(=O)[nH]c1=O.[O]=[U]=[O]. The Morgan fingerprint density at radius 2 is 1.09 bits per heavy atom. The molecule has 0 saturated heterocycles. The summed E-state index contributed by atoms with van der Waals surface area (Å²) in [5.41, 5.74) is 0.227. The molecule has 0 unspecified atom stereocenters. The fourth-order valence-corrected chi connectivity index (χ4v) is 6.15. The number of ether oxygens (including phenoxy) is 2. The number of aromatic amines is 2. The van der Waals surface area contributed by atoms with Gasteiger partial charge in [-0.2, -0.15) is 0 Å². The number of carbonyl (C=O) groups excluding carboxylic acids is 2. The Labute approximate surface area is 331 Å². The number of nitrogens with zero attached hydrogens (tertiary/aromatic N) is 2. The Morgan fingerprint density at radius 1 is 0.691 bits per heavy atom. The van der Waals surface area contributed by atoms with Crippen molar-refractivity contribution in [3.63, 3.8) is 0 Å². The van der Waals surface area contributed by atoms with E-state index in [9.17, 15) is 28.8 Å². The standard InChI is InChI=1S/C38H46N6O8.2O.U/c1-25-23-43(37(49)41-35(25)47)17-5-7-19-51-31-15-9-11-27(33(31)45)21-39-29-13-3-4-14-30(29)40-22-28-12-10-16-32(34(28)46)52-20-8-6-18-44-24-26(2)36(48)42-38(44)50;;;/h9-12,15-16,21-24,29-30,39-40H,3-8,13-14,17-20H2,1-2H3,(H,41,47,49)(H,42,48,50);;;/b27-21-,28-22-;;;/t29-,30+;;;. The molecule has 2 aromatic heterocycles. The minimum absolute atomic E-state index is 0.0298. The fraction of sp³-hybridized carbons (Fsp3) is 0.421. The van der Waals surface area contributed by atoms with Crippen molar-refractivity contribution in [3.8, 4) is 0 Å². The van der Waals surface area contributed by atoms with Gasteiger partial charge < -0.3 is 29.2 Å². The van der Waals surface area contributed by atoms with Crippen LogP contribution in [0.2, 0.25) is 0 Å². The number of hydrogen-bond donors (Lipinski definition) is 4. The number of nitrogens with one attached hydrogen (secondary N) is 4. The maximum atomic E-state index is 13.1. The summed E-state index contributed by atoms with van der Waals surface area (Å²) in [5, 5.41) is 6.85. The first kappa shape index (κ1) is 42.7. The Morgan fingerprint density at radius 3 is 1.49 bits per heavy atom. The van der Waals surface area contributed by atoms with Crippen molar-refractivity contribution in [2.24, 2.45) is 0 Å². The third-order valence-electron chi connectivity index (χ3n) is 9.17. The molecule has 0 radical (unpaired) electrons. The quantitative estimate of drug-likeness (QED) is 0.141. The topological polar surface area (TPSA) is 221 Å². The van der Waals surface area contributed by atoms with Crippen LogP contribution in [0, 0.1) is 41.7 Å². The van der Waals surface area contributed by atoms with E-state index in [0.717, 1.165) is 25.7 Å². The second kappa shape index (κ2) is 21.8. The number of carbonyl (C=O) groups is 2. The minimum atomic E-state index is -2.51. The molecule has 292 valence electrons. The summed E-state index contributed by atoms with van der Waals surface area (Å²) < 4.78 is 31.7. The zero-order valence-electron chi connectivity index (χ0n) is 30.9. The number of allylic oxidation sites excluding steroid dienone is 8. The number of aromatic nitrogens is 4. The molecule has 4 N–H and O–H groups in total. The molecular weight excluding hydrogens is 938 g/mol. The zero-order valence-corrected chi connectivity index (χ0v) is 35.1. The molecule has 0 aliphatic heterocycles. The van der Waals surface area contributed by atoms with Gasteiger partial charge in [-0.3, -0.25) is 29.1 Å². The van der Waals surface area contributed by atoms with Crippen molar-refractivity contribution in [1.82, 2.24) is 29.7 Å². The summed E-state index contributed by atoms with van der Waals surface area (Å²) in [6, 6.07) is 0.0597. The van der Waals surface area contributed by atoms with Gasteiger partial charge >= 0.3 is 43.7 Å². The van der Waals surface area contributed by atoms with Crippen LogP contribution in [0.1, 0.15) is 62.5 Å². The van der Waals surface area contributed by atoms with Crippen molar-refractivity contribution in [2.75, 3.05) is 13.2 Å². The van der Waals surface area contributed by atoms with Gasteiger partial charge in [0.15, 0.2) is 11.5 Å². The molecule has 0 aromatic carbocycles. The second-order valence-electron chi connectivity index (χ2n) is 13.2. The first-order valence-electron chi connectivity index (χ1n) is 18.2. The number of unbranched alkanes of at least 4 members (excludes halogenated alkanes) is 2. The number of ketones is 2. The Kier molecular flexibility index (Phi) is 16.9. The molecule has 3 aliphatic rings. The van der Waals surface area contributed by atoms with Gasteiger partial charge in [0.05, 0.1) is 13.2 Å². The Bertz CT molecular complexity index is 2030. The Balaban J connectivity index is 0.00000217. The van der Waals surface area contributed by atoms with Crippen LogP contribution in [0.3, 0.4) is 0 Å². The Hall–Kier alpha value is -5.01. The molecule has 5 rings (SSSR count). The van der Waals surface area contributed by atoms with Crippen LogP contribution in [0.25, 0.3) is 0 Å².